The Balaban J connectivity index is 1.41. The van der Waals surface area contributed by atoms with Crippen molar-refractivity contribution >= 4 is 12.2 Å². The van der Waals surface area contributed by atoms with E-state index in [1.807, 2.05) is 29.2 Å². The number of benzene rings is 1. The molecule has 148 valence electrons. The largest absolute Gasteiger partial charge is 0.494 e. The van der Waals surface area contributed by atoms with Gasteiger partial charge in [-0.05, 0) is 30.2 Å². The number of nitrogens with two attached hydrogens (primary N) is 1. The van der Waals surface area contributed by atoms with E-state index in [-0.39, 0.29) is 12.5 Å². The number of hydrogen-bond acceptors (Lipinski definition) is 6. The third-order valence-corrected chi connectivity index (χ3v) is 4.93. The van der Waals surface area contributed by atoms with Gasteiger partial charge in [0.15, 0.2) is 6.29 Å². The van der Waals surface area contributed by atoms with Gasteiger partial charge in [0, 0.05) is 56.2 Å². The summed E-state index contributed by atoms with van der Waals surface area (Å²) in [5.74, 6) is 0.830. The first-order chi connectivity index (χ1) is 13.7. The van der Waals surface area contributed by atoms with Gasteiger partial charge in [-0.2, -0.15) is 0 Å². The summed E-state index contributed by atoms with van der Waals surface area (Å²) in [6.45, 7) is 4.92. The predicted molar refractivity (Wildman–Crippen MR) is 107 cm³/mol. The van der Waals surface area contributed by atoms with Crippen molar-refractivity contribution in [3.8, 4) is 16.9 Å². The third kappa shape index (κ3) is 5.15. The molecule has 0 unspecified atom stereocenters. The molecule has 1 saturated heterocycles. The number of aromatic nitrogens is 1. The first-order valence-electron chi connectivity index (χ1n) is 9.54. The van der Waals surface area contributed by atoms with E-state index in [1.54, 1.807) is 18.5 Å². The fourth-order valence-corrected chi connectivity index (χ4v) is 3.31. The van der Waals surface area contributed by atoms with E-state index in [0.717, 1.165) is 62.3 Å². The lowest BCUT2D eigenvalue weighted by atomic mass is 10.0. The van der Waals surface area contributed by atoms with Crippen LogP contribution < -0.4 is 10.5 Å². The van der Waals surface area contributed by atoms with Crippen molar-refractivity contribution < 1.29 is 14.3 Å². The molecule has 0 aliphatic carbocycles. The molecular formula is C21H26N4O3. The molecule has 3 rings (SSSR count). The fraction of sp³-hybridized carbons (Fsp3) is 0.381. The lowest BCUT2D eigenvalue weighted by Crippen LogP contribution is -2.50. The molecule has 1 aromatic heterocycles. The number of aldehydes is 1. The summed E-state index contributed by atoms with van der Waals surface area (Å²) >= 11 is 0. The smallest absolute Gasteiger partial charge is 0.236 e. The Morgan fingerprint density at radius 3 is 2.57 bits per heavy atom. The quantitative estimate of drug-likeness (QED) is 0.549. The summed E-state index contributed by atoms with van der Waals surface area (Å²) in [4.78, 5) is 31.0. The molecule has 0 bridgehead atoms. The van der Waals surface area contributed by atoms with Crippen LogP contribution in [0.3, 0.4) is 0 Å². The lowest BCUT2D eigenvalue weighted by molar-refractivity contribution is -0.131. The first kappa shape index (κ1) is 20.0. The molecule has 1 amide bonds. The molecule has 0 spiro atoms. The maximum absolute atomic E-state index is 11.6. The molecule has 1 aliphatic heterocycles. The van der Waals surface area contributed by atoms with E-state index in [2.05, 4.69) is 9.88 Å². The zero-order valence-electron chi connectivity index (χ0n) is 15.9. The number of carbonyl (C=O) groups excluding carboxylic acids is 2. The number of ether oxygens (including phenoxy) is 1. The first-order valence-corrected chi connectivity index (χ1v) is 9.54. The predicted octanol–water partition coefficient (Wildman–Crippen LogP) is 1.43. The second-order valence-corrected chi connectivity index (χ2v) is 6.73. The maximum atomic E-state index is 11.6. The van der Waals surface area contributed by atoms with Gasteiger partial charge in [-0.3, -0.25) is 19.5 Å². The summed E-state index contributed by atoms with van der Waals surface area (Å²) in [6.07, 6.45) is 5.07. The van der Waals surface area contributed by atoms with Crippen molar-refractivity contribution in [1.29, 1.82) is 0 Å². The summed E-state index contributed by atoms with van der Waals surface area (Å²) in [7, 11) is 0. The van der Waals surface area contributed by atoms with Crippen molar-refractivity contribution in [3.05, 3.63) is 48.3 Å². The summed E-state index contributed by atoms with van der Waals surface area (Å²) in [6, 6.07) is 9.40. The SMILES string of the molecule is NCC(=O)N1CCN(CCCOc2ccc(-c3cnccc3C=O)cc2)CC1. The van der Waals surface area contributed by atoms with Crippen LogP contribution in [0.4, 0.5) is 0 Å². The Morgan fingerprint density at radius 1 is 1.14 bits per heavy atom. The average molecular weight is 382 g/mol. The van der Waals surface area contributed by atoms with Gasteiger partial charge in [-0.1, -0.05) is 12.1 Å². The average Bonchev–Trinajstić information content (AvgIpc) is 2.77. The number of pyridine rings is 1. The zero-order chi connectivity index (χ0) is 19.8. The molecule has 7 heteroatoms. The lowest BCUT2D eigenvalue weighted by Gasteiger charge is -2.34. The van der Waals surface area contributed by atoms with Crippen molar-refractivity contribution in [2.45, 2.75) is 6.42 Å². The summed E-state index contributed by atoms with van der Waals surface area (Å²) in [5.41, 5.74) is 7.78. The van der Waals surface area contributed by atoms with E-state index < -0.39 is 0 Å². The highest BCUT2D eigenvalue weighted by Gasteiger charge is 2.19. The standard InChI is InChI=1S/C21H26N4O3/c22-14-21(27)25-11-9-24(10-12-25)8-1-13-28-19-4-2-17(3-5-19)20-15-23-7-6-18(20)16-26/h2-7,15-16H,1,8-14,22H2. The van der Waals surface area contributed by atoms with Crippen LogP contribution in [0.1, 0.15) is 16.8 Å². The molecule has 2 aromatic rings. The zero-order valence-corrected chi connectivity index (χ0v) is 15.9. The van der Waals surface area contributed by atoms with Crippen LogP contribution in [0.15, 0.2) is 42.7 Å². The number of carbonyl (C=O) groups is 2. The van der Waals surface area contributed by atoms with Crippen LogP contribution in [0.25, 0.3) is 11.1 Å². The van der Waals surface area contributed by atoms with Gasteiger partial charge in [0.25, 0.3) is 0 Å². The van der Waals surface area contributed by atoms with Crippen LogP contribution in [0, 0.1) is 0 Å². The van der Waals surface area contributed by atoms with E-state index >= 15 is 0 Å². The number of nitrogens with zero attached hydrogens (tertiary/aromatic N) is 3. The third-order valence-electron chi connectivity index (χ3n) is 4.93. The fourth-order valence-electron chi connectivity index (χ4n) is 3.31. The van der Waals surface area contributed by atoms with E-state index in [9.17, 15) is 9.59 Å². The van der Waals surface area contributed by atoms with E-state index in [4.69, 9.17) is 10.5 Å². The number of hydrogen-bond donors (Lipinski definition) is 1. The minimum absolute atomic E-state index is 0.0259. The Hall–Kier alpha value is -2.77. The van der Waals surface area contributed by atoms with Gasteiger partial charge < -0.3 is 15.4 Å². The van der Waals surface area contributed by atoms with Crippen LogP contribution in [0.5, 0.6) is 5.75 Å². The molecule has 28 heavy (non-hydrogen) atoms. The molecule has 1 aromatic carbocycles. The molecule has 1 fully saturated rings. The van der Waals surface area contributed by atoms with Crippen molar-refractivity contribution in [2.75, 3.05) is 45.9 Å². The van der Waals surface area contributed by atoms with E-state index in [1.165, 1.54) is 0 Å². The number of amides is 1. The van der Waals surface area contributed by atoms with Gasteiger partial charge in [-0.15, -0.1) is 0 Å². The van der Waals surface area contributed by atoms with Gasteiger partial charge in [-0.25, -0.2) is 0 Å². The molecular weight excluding hydrogens is 356 g/mol. The Labute approximate surface area is 165 Å². The van der Waals surface area contributed by atoms with Crippen LogP contribution in [-0.4, -0.2) is 72.9 Å². The molecule has 0 saturated carbocycles. The second kappa shape index (κ2) is 9.96. The van der Waals surface area contributed by atoms with E-state index in [0.29, 0.717) is 12.2 Å². The maximum Gasteiger partial charge on any atom is 0.236 e. The van der Waals surface area contributed by atoms with Crippen molar-refractivity contribution in [2.24, 2.45) is 5.73 Å². The summed E-state index contributed by atoms with van der Waals surface area (Å²) < 4.78 is 5.83. The van der Waals surface area contributed by atoms with Crippen LogP contribution >= 0.6 is 0 Å². The molecule has 0 radical (unpaired) electrons. The Morgan fingerprint density at radius 2 is 1.89 bits per heavy atom. The van der Waals surface area contributed by atoms with Crippen LogP contribution in [0.2, 0.25) is 0 Å². The molecule has 1 aliphatic rings. The molecule has 2 N–H and O–H groups in total. The van der Waals surface area contributed by atoms with Crippen molar-refractivity contribution in [3.63, 3.8) is 0 Å². The summed E-state index contributed by atoms with van der Waals surface area (Å²) in [5, 5.41) is 0. The minimum Gasteiger partial charge on any atom is -0.494 e. The van der Waals surface area contributed by atoms with Gasteiger partial charge >= 0.3 is 0 Å². The molecule has 0 atom stereocenters. The number of rotatable bonds is 8. The normalized spacial score (nSPS) is 14.7. The highest BCUT2D eigenvalue weighted by Crippen LogP contribution is 2.24. The van der Waals surface area contributed by atoms with Crippen molar-refractivity contribution in [1.82, 2.24) is 14.8 Å². The van der Waals surface area contributed by atoms with Crippen LogP contribution in [-0.2, 0) is 4.79 Å². The highest BCUT2D eigenvalue weighted by atomic mass is 16.5. The Kier molecular flexibility index (Phi) is 7.11. The van der Waals surface area contributed by atoms with Gasteiger partial charge in [0.1, 0.15) is 5.75 Å². The molecule has 2 heterocycles. The molecule has 7 nitrogen and oxygen atoms in total. The monoisotopic (exact) mass is 382 g/mol. The Bertz CT molecular complexity index is 786. The highest BCUT2D eigenvalue weighted by molar-refractivity contribution is 5.87. The topological polar surface area (TPSA) is 88.8 Å². The number of piperazine rings is 1. The van der Waals surface area contributed by atoms with Gasteiger partial charge in [0.2, 0.25) is 5.91 Å². The van der Waals surface area contributed by atoms with Gasteiger partial charge in [0.05, 0.1) is 13.2 Å². The minimum atomic E-state index is 0.0259. The second-order valence-electron chi connectivity index (χ2n) is 6.73.